The van der Waals surface area contributed by atoms with Crippen LogP contribution in [0.25, 0.3) is 0 Å². The van der Waals surface area contributed by atoms with Crippen LogP contribution < -0.4 is 10.6 Å². The number of aliphatic imine (C=N–C) groups is 1. The summed E-state index contributed by atoms with van der Waals surface area (Å²) in [6.45, 7) is 8.86. The summed E-state index contributed by atoms with van der Waals surface area (Å²) in [5.41, 5.74) is 0. The van der Waals surface area contributed by atoms with Crippen LogP contribution in [0.2, 0.25) is 0 Å². The van der Waals surface area contributed by atoms with Crippen molar-refractivity contribution in [1.29, 1.82) is 0 Å². The third-order valence-electron chi connectivity index (χ3n) is 4.52. The number of methoxy groups -OCH3 is 1. The van der Waals surface area contributed by atoms with Gasteiger partial charge in [0, 0.05) is 46.4 Å². The van der Waals surface area contributed by atoms with Gasteiger partial charge >= 0.3 is 0 Å². The molecule has 6 heteroatoms. The van der Waals surface area contributed by atoms with E-state index in [0.29, 0.717) is 13.2 Å². The van der Waals surface area contributed by atoms with E-state index in [-0.39, 0.29) is 0 Å². The molecule has 0 aliphatic carbocycles. The van der Waals surface area contributed by atoms with Gasteiger partial charge in [0.15, 0.2) is 5.96 Å². The Balaban J connectivity index is 1.96. The predicted molar refractivity (Wildman–Crippen MR) is 101 cm³/mol. The van der Waals surface area contributed by atoms with Crippen molar-refractivity contribution < 1.29 is 9.47 Å². The lowest BCUT2D eigenvalue weighted by Crippen LogP contribution is -2.41. The lowest BCUT2D eigenvalue weighted by atomic mass is 10.0. The van der Waals surface area contributed by atoms with Crippen molar-refractivity contribution in [2.24, 2.45) is 4.99 Å². The molecule has 142 valence electrons. The summed E-state index contributed by atoms with van der Waals surface area (Å²) in [4.78, 5) is 6.89. The maximum atomic E-state index is 5.45. The summed E-state index contributed by atoms with van der Waals surface area (Å²) < 4.78 is 10.4. The topological polar surface area (TPSA) is 58.1 Å². The van der Waals surface area contributed by atoms with Crippen LogP contribution in [0.5, 0.6) is 0 Å². The number of hydrogen-bond acceptors (Lipinski definition) is 4. The molecule has 0 radical (unpaired) electrons. The molecule has 1 unspecified atom stereocenters. The van der Waals surface area contributed by atoms with Gasteiger partial charge in [0.25, 0.3) is 0 Å². The van der Waals surface area contributed by atoms with Crippen LogP contribution in [0.1, 0.15) is 45.4 Å². The van der Waals surface area contributed by atoms with Gasteiger partial charge in [-0.3, -0.25) is 4.99 Å². The minimum Gasteiger partial charge on any atom is -0.382 e. The van der Waals surface area contributed by atoms with E-state index in [0.717, 1.165) is 44.5 Å². The Morgan fingerprint density at radius 3 is 2.58 bits per heavy atom. The first-order valence-corrected chi connectivity index (χ1v) is 9.53. The molecule has 0 aromatic rings. The SMILES string of the molecule is CN=C(NCCCCOCCOC)NCCCN1CCCCC1C. The number of ether oxygens (including phenoxy) is 2. The molecule has 1 heterocycles. The number of nitrogens with one attached hydrogen (secondary N) is 2. The molecule has 6 nitrogen and oxygen atoms in total. The van der Waals surface area contributed by atoms with Gasteiger partial charge in [-0.1, -0.05) is 6.42 Å². The number of hydrogen-bond donors (Lipinski definition) is 2. The monoisotopic (exact) mass is 342 g/mol. The smallest absolute Gasteiger partial charge is 0.190 e. The minimum absolute atomic E-state index is 0.672. The van der Waals surface area contributed by atoms with Crippen molar-refractivity contribution in [1.82, 2.24) is 15.5 Å². The number of rotatable bonds is 12. The summed E-state index contributed by atoms with van der Waals surface area (Å²) in [5.74, 6) is 0.905. The zero-order valence-corrected chi connectivity index (χ0v) is 16.0. The zero-order chi connectivity index (χ0) is 17.5. The summed E-state index contributed by atoms with van der Waals surface area (Å²) in [7, 11) is 3.52. The molecule has 0 aromatic heterocycles. The third-order valence-corrected chi connectivity index (χ3v) is 4.52. The minimum atomic E-state index is 0.672. The highest BCUT2D eigenvalue weighted by atomic mass is 16.5. The molecule has 0 aromatic carbocycles. The molecule has 0 bridgehead atoms. The average Bonchev–Trinajstić information content (AvgIpc) is 2.60. The standard InChI is InChI=1S/C18H38N4O2/c1-17-9-4-6-12-22(17)13-8-11-21-18(19-2)20-10-5-7-14-24-16-15-23-3/h17H,4-16H2,1-3H3,(H2,19,20,21). The highest BCUT2D eigenvalue weighted by Crippen LogP contribution is 2.15. The Hall–Kier alpha value is -0.850. The van der Waals surface area contributed by atoms with E-state index in [1.54, 1.807) is 7.11 Å². The van der Waals surface area contributed by atoms with Gasteiger partial charge in [-0.2, -0.15) is 0 Å². The van der Waals surface area contributed by atoms with Crippen molar-refractivity contribution in [3.63, 3.8) is 0 Å². The lowest BCUT2D eigenvalue weighted by Gasteiger charge is -2.33. The first-order chi connectivity index (χ1) is 11.8. The quantitative estimate of drug-likeness (QED) is 0.322. The van der Waals surface area contributed by atoms with Crippen molar-refractivity contribution in [3.8, 4) is 0 Å². The van der Waals surface area contributed by atoms with Gasteiger partial charge in [-0.25, -0.2) is 0 Å². The first-order valence-electron chi connectivity index (χ1n) is 9.53. The molecular formula is C18H38N4O2. The highest BCUT2D eigenvalue weighted by Gasteiger charge is 2.16. The Labute approximate surface area is 148 Å². The molecule has 1 fully saturated rings. The average molecular weight is 343 g/mol. The van der Waals surface area contributed by atoms with Crippen molar-refractivity contribution >= 4 is 5.96 Å². The van der Waals surface area contributed by atoms with E-state index in [1.165, 1.54) is 38.8 Å². The number of likely N-dealkylation sites (tertiary alicyclic amines) is 1. The molecule has 2 N–H and O–H groups in total. The van der Waals surface area contributed by atoms with E-state index < -0.39 is 0 Å². The second kappa shape index (κ2) is 14.5. The summed E-state index contributed by atoms with van der Waals surface area (Å²) in [6.07, 6.45) is 7.41. The zero-order valence-electron chi connectivity index (χ0n) is 16.0. The first kappa shape index (κ1) is 21.2. The second-order valence-corrected chi connectivity index (χ2v) is 6.47. The van der Waals surface area contributed by atoms with E-state index in [1.807, 2.05) is 7.05 Å². The van der Waals surface area contributed by atoms with Gasteiger partial charge in [0.05, 0.1) is 13.2 Å². The molecule has 0 saturated carbocycles. The number of unbranched alkanes of at least 4 members (excludes halogenated alkanes) is 1. The van der Waals surface area contributed by atoms with Gasteiger partial charge in [-0.05, 0) is 45.6 Å². The summed E-state index contributed by atoms with van der Waals surface area (Å²) >= 11 is 0. The van der Waals surface area contributed by atoms with Crippen LogP contribution in [-0.4, -0.2) is 77.1 Å². The normalized spacial score (nSPS) is 19.5. The fourth-order valence-electron chi connectivity index (χ4n) is 2.98. The summed E-state index contributed by atoms with van der Waals surface area (Å²) in [5, 5.41) is 6.77. The highest BCUT2D eigenvalue weighted by molar-refractivity contribution is 5.79. The molecule has 0 spiro atoms. The van der Waals surface area contributed by atoms with Crippen LogP contribution in [0.3, 0.4) is 0 Å². The molecular weight excluding hydrogens is 304 g/mol. The molecule has 1 rings (SSSR count). The van der Waals surface area contributed by atoms with Gasteiger partial charge in [0.1, 0.15) is 0 Å². The Morgan fingerprint density at radius 2 is 1.88 bits per heavy atom. The number of nitrogens with zero attached hydrogens (tertiary/aromatic N) is 2. The Bertz CT molecular complexity index is 326. The van der Waals surface area contributed by atoms with E-state index in [9.17, 15) is 0 Å². The fraction of sp³-hybridized carbons (Fsp3) is 0.944. The van der Waals surface area contributed by atoms with Crippen LogP contribution in [0, 0.1) is 0 Å². The van der Waals surface area contributed by atoms with Crippen LogP contribution in [0.4, 0.5) is 0 Å². The van der Waals surface area contributed by atoms with Crippen molar-refractivity contribution in [2.45, 2.75) is 51.5 Å². The van der Waals surface area contributed by atoms with Crippen molar-refractivity contribution in [3.05, 3.63) is 0 Å². The molecule has 1 aliphatic heterocycles. The van der Waals surface area contributed by atoms with Crippen LogP contribution >= 0.6 is 0 Å². The third kappa shape index (κ3) is 10.1. The van der Waals surface area contributed by atoms with Crippen LogP contribution in [0.15, 0.2) is 4.99 Å². The molecule has 1 saturated heterocycles. The number of piperidine rings is 1. The number of guanidine groups is 1. The Morgan fingerprint density at radius 1 is 1.08 bits per heavy atom. The molecule has 1 aliphatic rings. The van der Waals surface area contributed by atoms with Crippen molar-refractivity contribution in [2.75, 3.05) is 60.2 Å². The van der Waals surface area contributed by atoms with E-state index in [2.05, 4.69) is 27.4 Å². The lowest BCUT2D eigenvalue weighted by molar-refractivity contribution is 0.0689. The van der Waals surface area contributed by atoms with Gasteiger partial charge in [-0.15, -0.1) is 0 Å². The maximum Gasteiger partial charge on any atom is 0.190 e. The van der Waals surface area contributed by atoms with E-state index in [4.69, 9.17) is 9.47 Å². The molecule has 0 amide bonds. The largest absolute Gasteiger partial charge is 0.382 e. The molecule has 1 atom stereocenters. The predicted octanol–water partition coefficient (Wildman–Crippen LogP) is 1.86. The second-order valence-electron chi connectivity index (χ2n) is 6.47. The van der Waals surface area contributed by atoms with Crippen LogP contribution in [-0.2, 0) is 9.47 Å². The fourth-order valence-corrected chi connectivity index (χ4v) is 2.98. The van der Waals surface area contributed by atoms with Gasteiger partial charge < -0.3 is 25.0 Å². The molecule has 24 heavy (non-hydrogen) atoms. The van der Waals surface area contributed by atoms with Gasteiger partial charge in [0.2, 0.25) is 0 Å². The van der Waals surface area contributed by atoms with E-state index >= 15 is 0 Å². The summed E-state index contributed by atoms with van der Waals surface area (Å²) in [6, 6.07) is 0.752. The Kier molecular flexibility index (Phi) is 12.8. The maximum absolute atomic E-state index is 5.45.